The Balaban J connectivity index is 0.000000205. The number of fused-ring (bicyclic) bond motifs is 1. The van der Waals surface area contributed by atoms with E-state index in [1.807, 2.05) is 42.5 Å². The van der Waals surface area contributed by atoms with Gasteiger partial charge in [0.15, 0.2) is 0 Å². The lowest BCUT2D eigenvalue weighted by Crippen LogP contribution is -2.14. The second-order valence-corrected chi connectivity index (χ2v) is 11.0. The van der Waals surface area contributed by atoms with Crippen molar-refractivity contribution in [2.24, 2.45) is 0 Å². The highest BCUT2D eigenvalue weighted by Gasteiger charge is 2.06. The average Bonchev–Trinajstić information content (AvgIpc) is 3.53. The van der Waals surface area contributed by atoms with E-state index in [2.05, 4.69) is 45.5 Å². The summed E-state index contributed by atoms with van der Waals surface area (Å²) in [5.74, 6) is 0.855. The minimum atomic E-state index is -0.981. The van der Waals surface area contributed by atoms with Crippen molar-refractivity contribution in [3.63, 3.8) is 0 Å². The maximum atomic E-state index is 10.8. The Bertz CT molecular complexity index is 1590. The number of carbonyl (C=O) groups is 1. The third kappa shape index (κ3) is 11.4. The van der Waals surface area contributed by atoms with Gasteiger partial charge in [-0.15, -0.1) is 0 Å². The Hall–Kier alpha value is -4.76. The van der Waals surface area contributed by atoms with Crippen LogP contribution < -0.4 is 15.8 Å². The molecule has 2 aromatic carbocycles. The monoisotopic (exact) mass is 608 g/mol. The Morgan fingerprint density at radius 3 is 2.36 bits per heavy atom. The van der Waals surface area contributed by atoms with Gasteiger partial charge in [-0.05, 0) is 59.8 Å². The number of ether oxygens (including phenoxy) is 1. The van der Waals surface area contributed by atoms with Gasteiger partial charge in [-0.3, -0.25) is 4.68 Å². The summed E-state index contributed by atoms with van der Waals surface area (Å²) in [6.07, 6.45) is 17.2. The van der Waals surface area contributed by atoms with Crippen LogP contribution in [0.15, 0.2) is 91.5 Å². The summed E-state index contributed by atoms with van der Waals surface area (Å²) in [6, 6.07) is 21.4. The SMILES string of the molecule is CCCCCCCCCCNCc1ccc2c(N)nccc2c1.O=C(O)c1cnn(Cc2ccc(Oc3ccccn3)cc2)c1. The number of hydrogen-bond acceptors (Lipinski definition) is 7. The summed E-state index contributed by atoms with van der Waals surface area (Å²) in [7, 11) is 0. The topological polar surface area (TPSA) is 128 Å². The first-order valence-electron chi connectivity index (χ1n) is 15.8. The van der Waals surface area contributed by atoms with E-state index in [-0.39, 0.29) is 5.56 Å². The van der Waals surface area contributed by atoms with Crippen molar-refractivity contribution in [2.45, 2.75) is 71.4 Å². The van der Waals surface area contributed by atoms with Gasteiger partial charge in [-0.2, -0.15) is 5.10 Å². The number of nitrogens with two attached hydrogens (primary N) is 1. The number of anilines is 1. The first kappa shape index (κ1) is 33.1. The highest BCUT2D eigenvalue weighted by atomic mass is 16.5. The fraction of sp³-hybridized carbons (Fsp3) is 0.333. The molecule has 0 amide bonds. The van der Waals surface area contributed by atoms with E-state index in [1.165, 1.54) is 74.7 Å². The van der Waals surface area contributed by atoms with Gasteiger partial charge in [-0.1, -0.05) is 82.2 Å². The standard InChI is InChI=1S/C20H31N3.C16H13N3O3/c1-2-3-4-5-6-7-8-9-13-22-16-17-10-11-19-18(15-17)12-14-23-20(19)21;20-16(21)13-9-18-19(11-13)10-12-4-6-14(7-5-12)22-15-3-1-2-8-17-15/h10-12,14-15,22H,2-9,13,16H2,1H3,(H2,21,23);1-9,11H,10H2,(H,20,21). The van der Waals surface area contributed by atoms with E-state index in [0.29, 0.717) is 24.0 Å². The summed E-state index contributed by atoms with van der Waals surface area (Å²) in [6.45, 7) is 4.80. The van der Waals surface area contributed by atoms with Crippen LogP contribution in [0.1, 0.15) is 79.8 Å². The molecule has 0 atom stereocenters. The maximum Gasteiger partial charge on any atom is 0.338 e. The molecule has 0 aliphatic heterocycles. The quantitative estimate of drug-likeness (QED) is 0.0966. The fourth-order valence-corrected chi connectivity index (χ4v) is 4.92. The van der Waals surface area contributed by atoms with E-state index in [4.69, 9.17) is 15.6 Å². The van der Waals surface area contributed by atoms with Crippen molar-refractivity contribution in [1.29, 1.82) is 0 Å². The van der Waals surface area contributed by atoms with E-state index in [0.717, 1.165) is 24.0 Å². The van der Waals surface area contributed by atoms with E-state index < -0.39 is 5.97 Å². The summed E-state index contributed by atoms with van der Waals surface area (Å²) < 4.78 is 7.19. The largest absolute Gasteiger partial charge is 0.478 e. The Labute approximate surface area is 265 Å². The molecule has 9 nitrogen and oxygen atoms in total. The van der Waals surface area contributed by atoms with Gasteiger partial charge >= 0.3 is 5.97 Å². The van der Waals surface area contributed by atoms with Crippen molar-refractivity contribution in [1.82, 2.24) is 25.1 Å². The Morgan fingerprint density at radius 2 is 1.64 bits per heavy atom. The predicted octanol–water partition coefficient (Wildman–Crippen LogP) is 7.86. The second kappa shape index (κ2) is 18.1. The van der Waals surface area contributed by atoms with Crippen LogP contribution in [0.4, 0.5) is 5.82 Å². The van der Waals surface area contributed by atoms with Crippen molar-refractivity contribution in [3.05, 3.63) is 108 Å². The minimum absolute atomic E-state index is 0.176. The molecule has 0 saturated heterocycles. The molecule has 0 bridgehead atoms. The normalized spacial score (nSPS) is 10.8. The molecule has 4 N–H and O–H groups in total. The zero-order chi connectivity index (χ0) is 31.7. The first-order chi connectivity index (χ1) is 22.0. The van der Waals surface area contributed by atoms with Crippen LogP contribution in [0, 0.1) is 0 Å². The number of aromatic nitrogens is 4. The summed E-state index contributed by atoms with van der Waals surface area (Å²) in [5.41, 5.74) is 8.36. The molecule has 0 saturated carbocycles. The molecule has 0 radical (unpaired) electrons. The molecule has 9 heteroatoms. The zero-order valence-electron chi connectivity index (χ0n) is 26.1. The third-order valence-corrected chi connectivity index (χ3v) is 7.40. The third-order valence-electron chi connectivity index (χ3n) is 7.40. The molecule has 236 valence electrons. The van der Waals surface area contributed by atoms with Gasteiger partial charge < -0.3 is 20.9 Å². The molecule has 0 fully saturated rings. The molecule has 0 aliphatic carbocycles. The highest BCUT2D eigenvalue weighted by molar-refractivity contribution is 5.91. The maximum absolute atomic E-state index is 10.8. The smallest absolute Gasteiger partial charge is 0.338 e. The summed E-state index contributed by atoms with van der Waals surface area (Å²) >= 11 is 0. The zero-order valence-corrected chi connectivity index (χ0v) is 26.1. The second-order valence-electron chi connectivity index (χ2n) is 11.0. The van der Waals surface area contributed by atoms with Crippen LogP contribution >= 0.6 is 0 Å². The van der Waals surface area contributed by atoms with E-state index in [9.17, 15) is 4.79 Å². The van der Waals surface area contributed by atoms with Crippen LogP contribution in [-0.2, 0) is 13.1 Å². The van der Waals surface area contributed by atoms with Crippen molar-refractivity contribution in [3.8, 4) is 11.6 Å². The van der Waals surface area contributed by atoms with Crippen molar-refractivity contribution >= 4 is 22.6 Å². The molecule has 5 aromatic rings. The number of nitrogens with zero attached hydrogens (tertiary/aromatic N) is 4. The van der Waals surface area contributed by atoms with Gasteiger partial charge in [0, 0.05) is 36.6 Å². The van der Waals surface area contributed by atoms with Crippen molar-refractivity contribution in [2.75, 3.05) is 12.3 Å². The first-order valence-corrected chi connectivity index (χ1v) is 15.8. The average molecular weight is 609 g/mol. The van der Waals surface area contributed by atoms with Gasteiger partial charge in [-0.25, -0.2) is 14.8 Å². The molecule has 0 aliphatic rings. The van der Waals surface area contributed by atoms with Crippen LogP contribution in [0.25, 0.3) is 10.8 Å². The summed E-state index contributed by atoms with van der Waals surface area (Å²) in [5, 5.41) is 18.6. The van der Waals surface area contributed by atoms with E-state index >= 15 is 0 Å². The number of benzene rings is 2. The van der Waals surface area contributed by atoms with Gasteiger partial charge in [0.1, 0.15) is 11.6 Å². The summed E-state index contributed by atoms with van der Waals surface area (Å²) in [4.78, 5) is 19.0. The lowest BCUT2D eigenvalue weighted by molar-refractivity contribution is 0.0696. The van der Waals surface area contributed by atoms with Crippen LogP contribution in [0.3, 0.4) is 0 Å². The molecule has 0 spiro atoms. The number of pyridine rings is 2. The van der Waals surface area contributed by atoms with Crippen LogP contribution in [0.2, 0.25) is 0 Å². The number of nitrogens with one attached hydrogen (secondary N) is 1. The van der Waals surface area contributed by atoms with Gasteiger partial charge in [0.25, 0.3) is 0 Å². The molecule has 3 heterocycles. The van der Waals surface area contributed by atoms with E-state index in [1.54, 1.807) is 23.1 Å². The Kier molecular flexibility index (Phi) is 13.4. The Morgan fingerprint density at radius 1 is 0.889 bits per heavy atom. The van der Waals surface area contributed by atoms with Crippen LogP contribution in [0.5, 0.6) is 11.6 Å². The van der Waals surface area contributed by atoms with Gasteiger partial charge in [0.05, 0.1) is 18.3 Å². The number of carboxylic acid groups (broad SMARTS) is 1. The number of hydrogen-bond donors (Lipinski definition) is 3. The molecule has 45 heavy (non-hydrogen) atoms. The number of aromatic carboxylic acids is 1. The van der Waals surface area contributed by atoms with Crippen molar-refractivity contribution < 1.29 is 14.6 Å². The molecular weight excluding hydrogens is 564 g/mol. The lowest BCUT2D eigenvalue weighted by Gasteiger charge is -2.07. The number of rotatable bonds is 16. The van der Waals surface area contributed by atoms with Gasteiger partial charge in [0.2, 0.25) is 5.88 Å². The van der Waals surface area contributed by atoms with Crippen LogP contribution in [-0.4, -0.2) is 37.4 Å². The minimum Gasteiger partial charge on any atom is -0.478 e. The highest BCUT2D eigenvalue weighted by Crippen LogP contribution is 2.21. The molecule has 3 aromatic heterocycles. The molecule has 5 rings (SSSR count). The lowest BCUT2D eigenvalue weighted by atomic mass is 10.1. The number of unbranched alkanes of at least 4 members (excludes halogenated alkanes) is 7. The molecular formula is C36H44N6O3. The fourth-order valence-electron chi connectivity index (χ4n) is 4.92. The predicted molar refractivity (Wildman–Crippen MR) is 180 cm³/mol. The molecule has 0 unspecified atom stereocenters. The number of nitrogen functional groups attached to an aromatic ring is 1. The number of carboxylic acids is 1.